The van der Waals surface area contributed by atoms with Crippen LogP contribution in [0.1, 0.15) is 45.2 Å². The Balaban J connectivity index is 2.29. The molecule has 0 heterocycles. The van der Waals surface area contributed by atoms with Crippen LogP contribution in [0.15, 0.2) is 24.3 Å². The summed E-state index contributed by atoms with van der Waals surface area (Å²) in [5.74, 6) is 1.02. The van der Waals surface area contributed by atoms with Crippen molar-refractivity contribution >= 4 is 0 Å². The van der Waals surface area contributed by atoms with Crippen LogP contribution in [0.4, 0.5) is 0 Å². The lowest BCUT2D eigenvalue weighted by Gasteiger charge is -2.26. The molecule has 1 unspecified atom stereocenters. The monoisotopic (exact) mass is 233 g/mol. The molecule has 0 radical (unpaired) electrons. The third-order valence-electron chi connectivity index (χ3n) is 3.62. The van der Waals surface area contributed by atoms with E-state index in [4.69, 9.17) is 4.74 Å². The molecular weight excluding hydrogens is 210 g/mol. The molecule has 94 valence electrons. The van der Waals surface area contributed by atoms with Gasteiger partial charge in [-0.3, -0.25) is 0 Å². The molecule has 1 atom stereocenters. The molecule has 0 aliphatic heterocycles. The Hall–Kier alpha value is -1.02. The summed E-state index contributed by atoms with van der Waals surface area (Å²) in [5, 5.41) is 3.45. The Labute approximate surface area is 104 Å². The van der Waals surface area contributed by atoms with Crippen molar-refractivity contribution in [3.8, 4) is 5.75 Å². The van der Waals surface area contributed by atoms with E-state index in [1.54, 1.807) is 0 Å². The van der Waals surface area contributed by atoms with Gasteiger partial charge in [-0.25, -0.2) is 0 Å². The highest BCUT2D eigenvalue weighted by molar-refractivity contribution is 5.38. The van der Waals surface area contributed by atoms with Crippen LogP contribution in [0.3, 0.4) is 0 Å². The maximum absolute atomic E-state index is 5.91. The quantitative estimate of drug-likeness (QED) is 0.840. The number of benzene rings is 1. The van der Waals surface area contributed by atoms with Gasteiger partial charge in [-0.15, -0.1) is 0 Å². The summed E-state index contributed by atoms with van der Waals surface area (Å²) in [4.78, 5) is 0. The fraction of sp³-hybridized carbons (Fsp3) is 0.600. The summed E-state index contributed by atoms with van der Waals surface area (Å²) >= 11 is 0. The van der Waals surface area contributed by atoms with Crippen LogP contribution in [0.2, 0.25) is 0 Å². The Morgan fingerprint density at radius 3 is 2.41 bits per heavy atom. The lowest BCUT2D eigenvalue weighted by Crippen LogP contribution is -2.25. The van der Waals surface area contributed by atoms with Crippen LogP contribution in [0.5, 0.6) is 5.75 Å². The predicted octanol–water partition coefficient (Wildman–Crippen LogP) is 3.53. The number of para-hydroxylation sites is 1. The van der Waals surface area contributed by atoms with Gasteiger partial charge in [0.15, 0.2) is 0 Å². The zero-order valence-electron chi connectivity index (χ0n) is 11.3. The molecule has 2 rings (SSSR count). The van der Waals surface area contributed by atoms with Gasteiger partial charge in [0.2, 0.25) is 0 Å². The predicted molar refractivity (Wildman–Crippen MR) is 71.3 cm³/mol. The highest BCUT2D eigenvalue weighted by atomic mass is 16.5. The van der Waals surface area contributed by atoms with Crippen LogP contribution in [-0.4, -0.2) is 13.2 Å². The van der Waals surface area contributed by atoms with Crippen molar-refractivity contribution in [2.45, 2.75) is 45.8 Å². The fourth-order valence-corrected chi connectivity index (χ4v) is 2.45. The standard InChI is InChI=1S/C15H23NO/c1-11(2)17-13-8-6-5-7-12(13)14(16-4)15(3)9-10-15/h5-8,11,14,16H,9-10H2,1-4H3. The minimum absolute atomic E-state index is 0.223. The van der Waals surface area contributed by atoms with Crippen molar-refractivity contribution in [1.82, 2.24) is 5.32 Å². The van der Waals surface area contributed by atoms with Gasteiger partial charge in [0, 0.05) is 11.6 Å². The minimum Gasteiger partial charge on any atom is -0.491 e. The molecule has 0 bridgehead atoms. The van der Waals surface area contributed by atoms with Crippen LogP contribution in [-0.2, 0) is 0 Å². The van der Waals surface area contributed by atoms with E-state index in [0.717, 1.165) is 5.75 Å². The highest BCUT2D eigenvalue weighted by Crippen LogP contribution is 2.55. The Bertz CT molecular complexity index is 382. The number of nitrogens with one attached hydrogen (secondary N) is 1. The van der Waals surface area contributed by atoms with Gasteiger partial charge < -0.3 is 10.1 Å². The van der Waals surface area contributed by atoms with E-state index in [2.05, 4.69) is 44.3 Å². The first-order chi connectivity index (χ1) is 8.07. The summed E-state index contributed by atoms with van der Waals surface area (Å²) in [7, 11) is 2.04. The van der Waals surface area contributed by atoms with Gasteiger partial charge in [-0.2, -0.15) is 0 Å². The van der Waals surface area contributed by atoms with Crippen LogP contribution >= 0.6 is 0 Å². The molecule has 0 spiro atoms. The summed E-state index contributed by atoms with van der Waals surface area (Å²) in [6.45, 7) is 6.49. The van der Waals surface area contributed by atoms with Crippen molar-refractivity contribution in [2.75, 3.05) is 7.05 Å². The van der Waals surface area contributed by atoms with E-state index < -0.39 is 0 Å². The van der Waals surface area contributed by atoms with Crippen molar-refractivity contribution in [3.63, 3.8) is 0 Å². The van der Waals surface area contributed by atoms with Gasteiger partial charge >= 0.3 is 0 Å². The normalized spacial score (nSPS) is 19.1. The van der Waals surface area contributed by atoms with Gasteiger partial charge in [-0.05, 0) is 45.2 Å². The third-order valence-corrected chi connectivity index (χ3v) is 3.62. The zero-order chi connectivity index (χ0) is 12.5. The molecule has 1 aliphatic carbocycles. The van der Waals surface area contributed by atoms with E-state index in [-0.39, 0.29) is 6.10 Å². The Morgan fingerprint density at radius 2 is 1.88 bits per heavy atom. The first kappa shape index (κ1) is 12.4. The zero-order valence-corrected chi connectivity index (χ0v) is 11.3. The number of rotatable bonds is 5. The average molecular weight is 233 g/mol. The number of hydrogen-bond donors (Lipinski definition) is 1. The lowest BCUT2D eigenvalue weighted by atomic mass is 9.91. The van der Waals surface area contributed by atoms with Gasteiger partial charge in [-0.1, -0.05) is 25.1 Å². The maximum Gasteiger partial charge on any atom is 0.124 e. The molecule has 0 aromatic heterocycles. The van der Waals surface area contributed by atoms with E-state index >= 15 is 0 Å². The molecule has 1 aromatic rings. The molecule has 17 heavy (non-hydrogen) atoms. The van der Waals surface area contributed by atoms with Gasteiger partial charge in [0.25, 0.3) is 0 Å². The second-order valence-electron chi connectivity index (χ2n) is 5.58. The van der Waals surface area contributed by atoms with Crippen LogP contribution in [0, 0.1) is 5.41 Å². The molecule has 1 aromatic carbocycles. The molecule has 2 nitrogen and oxygen atoms in total. The van der Waals surface area contributed by atoms with E-state index in [1.165, 1.54) is 18.4 Å². The lowest BCUT2D eigenvalue weighted by molar-refractivity contribution is 0.234. The molecule has 1 saturated carbocycles. The summed E-state index contributed by atoms with van der Waals surface area (Å²) in [6.07, 6.45) is 2.82. The molecule has 1 fully saturated rings. The highest BCUT2D eigenvalue weighted by Gasteiger charge is 2.45. The summed E-state index contributed by atoms with van der Waals surface area (Å²) in [6, 6.07) is 8.80. The second kappa shape index (κ2) is 4.69. The second-order valence-corrected chi connectivity index (χ2v) is 5.58. The topological polar surface area (TPSA) is 21.3 Å². The first-order valence-corrected chi connectivity index (χ1v) is 6.50. The number of hydrogen-bond acceptors (Lipinski definition) is 2. The van der Waals surface area contributed by atoms with Gasteiger partial charge in [0.1, 0.15) is 5.75 Å². The SMILES string of the molecule is CNC(c1ccccc1OC(C)C)C1(C)CC1. The molecule has 1 N–H and O–H groups in total. The van der Waals surface area contributed by atoms with Crippen LogP contribution in [0.25, 0.3) is 0 Å². The van der Waals surface area contributed by atoms with Gasteiger partial charge in [0.05, 0.1) is 6.10 Å². The maximum atomic E-state index is 5.91. The minimum atomic E-state index is 0.223. The van der Waals surface area contributed by atoms with Crippen LogP contribution < -0.4 is 10.1 Å². The first-order valence-electron chi connectivity index (χ1n) is 6.50. The van der Waals surface area contributed by atoms with Crippen molar-refractivity contribution in [2.24, 2.45) is 5.41 Å². The molecule has 2 heteroatoms. The average Bonchev–Trinajstić information content (AvgIpc) is 3.00. The van der Waals surface area contributed by atoms with Crippen molar-refractivity contribution in [3.05, 3.63) is 29.8 Å². The van der Waals surface area contributed by atoms with Crippen molar-refractivity contribution in [1.29, 1.82) is 0 Å². The molecule has 0 saturated heterocycles. The molecular formula is C15H23NO. The van der Waals surface area contributed by atoms with Crippen molar-refractivity contribution < 1.29 is 4.74 Å². The van der Waals surface area contributed by atoms with E-state index in [1.807, 2.05) is 13.1 Å². The fourth-order valence-electron chi connectivity index (χ4n) is 2.45. The summed E-state index contributed by atoms with van der Waals surface area (Å²) in [5.41, 5.74) is 1.70. The number of ether oxygens (including phenoxy) is 1. The van der Waals surface area contributed by atoms with E-state index in [9.17, 15) is 0 Å². The smallest absolute Gasteiger partial charge is 0.124 e. The largest absolute Gasteiger partial charge is 0.491 e. The molecule has 1 aliphatic rings. The molecule has 0 amide bonds. The third kappa shape index (κ3) is 2.63. The summed E-state index contributed by atoms with van der Waals surface area (Å²) < 4.78 is 5.91. The Morgan fingerprint density at radius 1 is 1.24 bits per heavy atom. The Kier molecular flexibility index (Phi) is 3.43. The van der Waals surface area contributed by atoms with E-state index in [0.29, 0.717) is 11.5 Å².